The number of aromatic carboxylic acids is 1. The Hall–Kier alpha value is -2.76. The molecular weight excluding hydrogens is 306 g/mol. The summed E-state index contributed by atoms with van der Waals surface area (Å²) < 4.78 is 0. The number of nitrogens with zero attached hydrogens (tertiary/aromatic N) is 2. The number of nitrogens with one attached hydrogen (secondary N) is 1. The van der Waals surface area contributed by atoms with E-state index >= 15 is 0 Å². The Morgan fingerprint density at radius 3 is 2.62 bits per heavy atom. The fraction of sp³-hybridized carbons (Fsp3) is 0.333. The van der Waals surface area contributed by atoms with Crippen molar-refractivity contribution in [1.82, 2.24) is 15.3 Å². The molecular formula is C18H19N3O3. The fourth-order valence-corrected chi connectivity index (χ4v) is 3.27. The lowest BCUT2D eigenvalue weighted by molar-refractivity contribution is 0.0696. The zero-order valence-electron chi connectivity index (χ0n) is 13.5. The van der Waals surface area contributed by atoms with E-state index in [1.165, 1.54) is 12.3 Å². The minimum absolute atomic E-state index is 0.00704. The molecule has 0 radical (unpaired) electrons. The number of pyridine rings is 2. The third-order valence-electron chi connectivity index (χ3n) is 4.60. The molecule has 1 saturated carbocycles. The molecule has 0 saturated heterocycles. The van der Waals surface area contributed by atoms with Gasteiger partial charge in [0, 0.05) is 18.6 Å². The van der Waals surface area contributed by atoms with Crippen LogP contribution in [0.1, 0.15) is 57.7 Å². The van der Waals surface area contributed by atoms with Crippen LogP contribution in [0.4, 0.5) is 0 Å². The van der Waals surface area contributed by atoms with E-state index in [0.29, 0.717) is 11.3 Å². The maximum absolute atomic E-state index is 12.8. The predicted molar refractivity (Wildman–Crippen MR) is 87.8 cm³/mol. The van der Waals surface area contributed by atoms with Crippen molar-refractivity contribution in [2.45, 2.75) is 38.1 Å². The van der Waals surface area contributed by atoms with Crippen molar-refractivity contribution in [1.29, 1.82) is 0 Å². The summed E-state index contributed by atoms with van der Waals surface area (Å²) in [7, 11) is 0. The van der Waals surface area contributed by atoms with Gasteiger partial charge in [0.25, 0.3) is 5.91 Å². The quantitative estimate of drug-likeness (QED) is 0.901. The highest BCUT2D eigenvalue weighted by molar-refractivity contribution is 5.98. The Morgan fingerprint density at radius 2 is 2.00 bits per heavy atom. The first-order valence-corrected chi connectivity index (χ1v) is 7.95. The van der Waals surface area contributed by atoms with E-state index in [4.69, 9.17) is 5.11 Å². The van der Waals surface area contributed by atoms with Crippen molar-refractivity contribution in [3.63, 3.8) is 0 Å². The molecule has 0 unspecified atom stereocenters. The lowest BCUT2D eigenvalue weighted by atomic mass is 9.89. The van der Waals surface area contributed by atoms with Gasteiger partial charge in [0.05, 0.1) is 22.4 Å². The molecule has 0 aliphatic heterocycles. The van der Waals surface area contributed by atoms with Gasteiger partial charge in [-0.05, 0) is 37.5 Å². The predicted octanol–water partition coefficient (Wildman–Crippen LogP) is 2.68. The molecule has 6 heteroatoms. The first kappa shape index (κ1) is 16.1. The maximum Gasteiger partial charge on any atom is 0.337 e. The maximum atomic E-state index is 12.8. The number of carbonyl (C=O) groups is 2. The highest BCUT2D eigenvalue weighted by Gasteiger charge is 2.37. The molecule has 2 N–H and O–H groups in total. The number of aromatic nitrogens is 2. The topological polar surface area (TPSA) is 92.2 Å². The molecule has 124 valence electrons. The number of rotatable bonds is 4. The number of hydrogen-bond acceptors (Lipinski definition) is 4. The molecule has 2 aromatic heterocycles. The zero-order valence-corrected chi connectivity index (χ0v) is 13.5. The van der Waals surface area contributed by atoms with Crippen LogP contribution in [0.2, 0.25) is 0 Å². The molecule has 1 amide bonds. The monoisotopic (exact) mass is 325 g/mol. The number of carboxylic acid groups (broad SMARTS) is 1. The van der Waals surface area contributed by atoms with Gasteiger partial charge in [0.15, 0.2) is 0 Å². The van der Waals surface area contributed by atoms with Gasteiger partial charge in [-0.15, -0.1) is 0 Å². The number of hydrogen-bond donors (Lipinski definition) is 2. The van der Waals surface area contributed by atoms with Crippen LogP contribution in [0, 0.1) is 6.92 Å². The second kappa shape index (κ2) is 6.39. The molecule has 6 nitrogen and oxygen atoms in total. The highest BCUT2D eigenvalue weighted by Crippen LogP contribution is 2.38. The Labute approximate surface area is 140 Å². The number of carboxylic acids is 1. The fourth-order valence-electron chi connectivity index (χ4n) is 3.27. The number of aryl methyl sites for hydroxylation is 1. The third kappa shape index (κ3) is 2.99. The summed E-state index contributed by atoms with van der Waals surface area (Å²) in [6, 6.07) is 5.21. The first-order chi connectivity index (χ1) is 11.5. The van der Waals surface area contributed by atoms with Crippen LogP contribution in [0.5, 0.6) is 0 Å². The van der Waals surface area contributed by atoms with E-state index in [2.05, 4.69) is 15.3 Å². The summed E-state index contributed by atoms with van der Waals surface area (Å²) in [4.78, 5) is 32.2. The van der Waals surface area contributed by atoms with Crippen LogP contribution in [-0.2, 0) is 5.54 Å². The van der Waals surface area contributed by atoms with Crippen LogP contribution in [-0.4, -0.2) is 27.0 Å². The number of carbonyl (C=O) groups excluding carboxylic acids is 1. The normalized spacial score (nSPS) is 15.9. The summed E-state index contributed by atoms with van der Waals surface area (Å²) in [5.41, 5.74) is 1.35. The van der Waals surface area contributed by atoms with Crippen molar-refractivity contribution in [2.24, 2.45) is 0 Å². The molecule has 0 spiro atoms. The average molecular weight is 325 g/mol. The van der Waals surface area contributed by atoms with Gasteiger partial charge < -0.3 is 10.4 Å². The molecule has 2 aromatic rings. The SMILES string of the molecule is Cc1ncc(C(=O)O)cc1C(=O)NC1(c2cccnc2)CCCC1. The van der Waals surface area contributed by atoms with E-state index in [1.54, 1.807) is 19.3 Å². The molecule has 0 bridgehead atoms. The second-order valence-corrected chi connectivity index (χ2v) is 6.15. The van der Waals surface area contributed by atoms with Crippen LogP contribution in [0.3, 0.4) is 0 Å². The van der Waals surface area contributed by atoms with Gasteiger partial charge in [-0.1, -0.05) is 18.9 Å². The van der Waals surface area contributed by atoms with Crippen molar-refractivity contribution in [3.05, 3.63) is 59.2 Å². The molecule has 1 fully saturated rings. The van der Waals surface area contributed by atoms with Crippen LogP contribution in [0.25, 0.3) is 0 Å². The van der Waals surface area contributed by atoms with E-state index in [1.807, 2.05) is 12.1 Å². The van der Waals surface area contributed by atoms with Crippen molar-refractivity contribution in [2.75, 3.05) is 0 Å². The second-order valence-electron chi connectivity index (χ2n) is 6.15. The van der Waals surface area contributed by atoms with Gasteiger partial charge in [-0.3, -0.25) is 14.8 Å². The molecule has 1 aliphatic rings. The summed E-state index contributed by atoms with van der Waals surface area (Å²) >= 11 is 0. The zero-order chi connectivity index (χ0) is 17.2. The van der Waals surface area contributed by atoms with Crippen molar-refractivity contribution < 1.29 is 14.7 Å². The highest BCUT2D eigenvalue weighted by atomic mass is 16.4. The van der Waals surface area contributed by atoms with Crippen LogP contribution < -0.4 is 5.32 Å². The molecule has 0 aromatic carbocycles. The molecule has 2 heterocycles. The van der Waals surface area contributed by atoms with Crippen molar-refractivity contribution in [3.8, 4) is 0 Å². The van der Waals surface area contributed by atoms with Crippen molar-refractivity contribution >= 4 is 11.9 Å². The average Bonchev–Trinajstić information content (AvgIpc) is 3.05. The van der Waals surface area contributed by atoms with E-state index in [9.17, 15) is 9.59 Å². The minimum Gasteiger partial charge on any atom is -0.478 e. The molecule has 0 atom stereocenters. The first-order valence-electron chi connectivity index (χ1n) is 7.95. The largest absolute Gasteiger partial charge is 0.478 e. The van der Waals surface area contributed by atoms with E-state index in [-0.39, 0.29) is 11.5 Å². The lowest BCUT2D eigenvalue weighted by Crippen LogP contribution is -2.44. The smallest absolute Gasteiger partial charge is 0.337 e. The van der Waals surface area contributed by atoms with Gasteiger partial charge in [0.1, 0.15) is 0 Å². The Balaban J connectivity index is 1.93. The number of amides is 1. The molecule has 1 aliphatic carbocycles. The van der Waals surface area contributed by atoms with Gasteiger partial charge >= 0.3 is 5.97 Å². The van der Waals surface area contributed by atoms with Gasteiger partial charge in [0.2, 0.25) is 0 Å². The standard InChI is InChI=1S/C18H19N3O3/c1-12-15(9-13(10-20-12)17(23)24)16(22)21-18(6-2-3-7-18)14-5-4-8-19-11-14/h4-5,8-11H,2-3,6-7H2,1H3,(H,21,22)(H,23,24). The van der Waals surface area contributed by atoms with Gasteiger partial charge in [-0.25, -0.2) is 4.79 Å². The van der Waals surface area contributed by atoms with E-state index < -0.39 is 11.5 Å². The van der Waals surface area contributed by atoms with Crippen LogP contribution in [0.15, 0.2) is 36.8 Å². The van der Waals surface area contributed by atoms with Gasteiger partial charge in [-0.2, -0.15) is 0 Å². The summed E-state index contributed by atoms with van der Waals surface area (Å²) in [5, 5.41) is 12.2. The molecule has 3 rings (SSSR count). The van der Waals surface area contributed by atoms with E-state index in [0.717, 1.165) is 31.2 Å². The molecule has 24 heavy (non-hydrogen) atoms. The lowest BCUT2D eigenvalue weighted by Gasteiger charge is -2.31. The van der Waals surface area contributed by atoms with Crippen LogP contribution >= 0.6 is 0 Å². The Morgan fingerprint density at radius 1 is 1.25 bits per heavy atom. The summed E-state index contributed by atoms with van der Waals surface area (Å²) in [5.74, 6) is -1.40. The summed E-state index contributed by atoms with van der Waals surface area (Å²) in [6.45, 7) is 1.70. The third-order valence-corrected chi connectivity index (χ3v) is 4.60. The Bertz CT molecular complexity index is 768. The minimum atomic E-state index is -1.10. The Kier molecular flexibility index (Phi) is 4.29. The summed E-state index contributed by atoms with van der Waals surface area (Å²) in [6.07, 6.45) is 8.50.